The van der Waals surface area contributed by atoms with E-state index in [-0.39, 0.29) is 5.91 Å². The zero-order valence-corrected chi connectivity index (χ0v) is 15.2. The first-order valence-corrected chi connectivity index (χ1v) is 9.63. The van der Waals surface area contributed by atoms with Gasteiger partial charge >= 0.3 is 0 Å². The van der Waals surface area contributed by atoms with Gasteiger partial charge in [-0.2, -0.15) is 0 Å². The Labute approximate surface area is 147 Å². The number of halogens is 1. The summed E-state index contributed by atoms with van der Waals surface area (Å²) in [4.78, 5) is 17.8. The molecule has 1 aromatic rings. The van der Waals surface area contributed by atoms with Crippen LogP contribution in [0, 0.1) is 0 Å². The minimum atomic E-state index is -0.395. The van der Waals surface area contributed by atoms with E-state index < -0.39 is 5.66 Å². The highest BCUT2D eigenvalue weighted by molar-refractivity contribution is 9.10. The third kappa shape index (κ3) is 2.41. The molecule has 5 nitrogen and oxygen atoms in total. The summed E-state index contributed by atoms with van der Waals surface area (Å²) in [5, 5.41) is 12.0. The first-order chi connectivity index (χ1) is 11.1. The smallest absolute Gasteiger partial charge is 0.276 e. The van der Waals surface area contributed by atoms with Crippen LogP contribution in [0.25, 0.3) is 5.70 Å². The summed E-state index contributed by atoms with van der Waals surface area (Å²) in [5.74, 6) is 0.783. The van der Waals surface area contributed by atoms with Crippen LogP contribution in [-0.2, 0) is 4.79 Å². The maximum Gasteiger partial charge on any atom is 0.276 e. The fourth-order valence-electron chi connectivity index (χ4n) is 3.49. The molecule has 3 aliphatic rings. The van der Waals surface area contributed by atoms with Crippen LogP contribution in [0.5, 0.6) is 0 Å². The molecule has 1 saturated carbocycles. The van der Waals surface area contributed by atoms with Crippen LogP contribution in [0.1, 0.15) is 32.6 Å². The van der Waals surface area contributed by atoms with Crippen molar-refractivity contribution in [3.63, 3.8) is 0 Å². The van der Waals surface area contributed by atoms with Crippen LogP contribution in [0.2, 0.25) is 0 Å². The number of hydrogen-bond donors (Lipinski definition) is 1. The lowest BCUT2D eigenvalue weighted by molar-refractivity contribution is -0.116. The molecule has 0 atom stereocenters. The third-order valence-electron chi connectivity index (χ3n) is 4.46. The number of hydrazone groups is 1. The number of benzene rings is 1. The molecule has 0 unspecified atom stereocenters. The molecule has 1 aliphatic carbocycles. The molecule has 1 aromatic carbocycles. The number of nitrogens with one attached hydrogen (secondary N) is 1. The number of amidine groups is 1. The summed E-state index contributed by atoms with van der Waals surface area (Å²) in [6.45, 7) is 2.05. The Morgan fingerprint density at radius 2 is 2.17 bits per heavy atom. The lowest BCUT2D eigenvalue weighted by Crippen LogP contribution is -2.57. The van der Waals surface area contributed by atoms with Gasteiger partial charge in [-0.3, -0.25) is 15.1 Å². The molecule has 1 fully saturated rings. The molecular formula is C16H17BrN4OS. The second-order valence-electron chi connectivity index (χ2n) is 5.92. The molecule has 0 saturated heterocycles. The van der Waals surface area contributed by atoms with E-state index in [1.165, 1.54) is 0 Å². The highest BCUT2D eigenvalue weighted by Gasteiger charge is 2.46. The normalized spacial score (nSPS) is 21.5. The molecule has 2 heterocycles. The van der Waals surface area contributed by atoms with Crippen LogP contribution in [0.4, 0.5) is 0 Å². The summed E-state index contributed by atoms with van der Waals surface area (Å²) in [6.07, 6.45) is 4.11. The van der Waals surface area contributed by atoms with E-state index in [4.69, 9.17) is 10.1 Å². The second-order valence-corrected chi connectivity index (χ2v) is 8.08. The Balaban J connectivity index is 2.00. The third-order valence-corrected chi connectivity index (χ3v) is 5.70. The number of carbonyl (C=O) groups excluding carboxylic acids is 1. The van der Waals surface area contributed by atoms with Crippen molar-refractivity contribution in [1.29, 1.82) is 0 Å². The average Bonchev–Trinajstić information content (AvgIpc) is 2.98. The van der Waals surface area contributed by atoms with Gasteiger partial charge in [0.15, 0.2) is 10.8 Å². The SMILES string of the molecule is CCSC1=NN2C(=c3cc(Br)ccc3=NC23CCCC3)C(=O)N1. The van der Waals surface area contributed by atoms with E-state index in [9.17, 15) is 4.79 Å². The van der Waals surface area contributed by atoms with Crippen molar-refractivity contribution in [3.05, 3.63) is 33.2 Å². The van der Waals surface area contributed by atoms with Crippen molar-refractivity contribution in [2.45, 2.75) is 38.3 Å². The number of fused-ring (bicyclic) bond motifs is 3. The molecule has 1 amide bonds. The predicted octanol–water partition coefficient (Wildman–Crippen LogP) is 1.92. The lowest BCUT2D eigenvalue weighted by atomic mass is 10.0. The summed E-state index contributed by atoms with van der Waals surface area (Å²) in [5.41, 5.74) is 0.228. The maximum absolute atomic E-state index is 12.8. The number of nitrogens with zero attached hydrogens (tertiary/aromatic N) is 3. The van der Waals surface area contributed by atoms with Crippen molar-refractivity contribution in [2.24, 2.45) is 10.1 Å². The zero-order chi connectivity index (χ0) is 16.0. The largest absolute Gasteiger partial charge is 0.298 e. The van der Waals surface area contributed by atoms with Gasteiger partial charge in [0, 0.05) is 9.69 Å². The molecule has 1 N–H and O–H groups in total. The molecule has 23 heavy (non-hydrogen) atoms. The summed E-state index contributed by atoms with van der Waals surface area (Å²) in [6, 6.07) is 5.91. The van der Waals surface area contributed by atoms with Gasteiger partial charge in [0.25, 0.3) is 5.91 Å². The minimum absolute atomic E-state index is 0.0866. The van der Waals surface area contributed by atoms with Gasteiger partial charge in [-0.25, -0.2) is 5.01 Å². The van der Waals surface area contributed by atoms with Crippen LogP contribution >= 0.6 is 27.7 Å². The number of thioether (sulfide) groups is 1. The molecule has 7 heteroatoms. The van der Waals surface area contributed by atoms with Gasteiger partial charge in [0.05, 0.1) is 5.36 Å². The molecule has 2 aliphatic heterocycles. The maximum atomic E-state index is 12.8. The Kier molecular flexibility index (Phi) is 3.72. The first-order valence-electron chi connectivity index (χ1n) is 7.86. The monoisotopic (exact) mass is 392 g/mol. The fourth-order valence-corrected chi connectivity index (χ4v) is 4.43. The van der Waals surface area contributed by atoms with Gasteiger partial charge in [-0.05, 0) is 49.6 Å². The van der Waals surface area contributed by atoms with Gasteiger partial charge in [-0.15, -0.1) is 5.10 Å². The number of hydrogen-bond acceptors (Lipinski definition) is 5. The van der Waals surface area contributed by atoms with Crippen molar-refractivity contribution in [2.75, 3.05) is 5.75 Å². The van der Waals surface area contributed by atoms with Gasteiger partial charge < -0.3 is 0 Å². The van der Waals surface area contributed by atoms with E-state index in [2.05, 4.69) is 28.2 Å². The minimum Gasteiger partial charge on any atom is -0.298 e. The Bertz CT molecular complexity index is 829. The molecule has 0 aromatic heterocycles. The Morgan fingerprint density at radius 3 is 2.91 bits per heavy atom. The molecule has 0 bridgehead atoms. The van der Waals surface area contributed by atoms with Crippen molar-refractivity contribution in [1.82, 2.24) is 10.3 Å². The van der Waals surface area contributed by atoms with E-state index >= 15 is 0 Å². The molecule has 4 rings (SSSR count). The highest BCUT2D eigenvalue weighted by Crippen LogP contribution is 2.40. The highest BCUT2D eigenvalue weighted by atomic mass is 79.9. The Morgan fingerprint density at radius 1 is 1.39 bits per heavy atom. The van der Waals surface area contributed by atoms with Gasteiger partial charge in [0.1, 0.15) is 5.70 Å². The quantitative estimate of drug-likeness (QED) is 0.793. The average molecular weight is 393 g/mol. The number of rotatable bonds is 1. The van der Waals surface area contributed by atoms with Gasteiger partial charge in [-0.1, -0.05) is 34.6 Å². The topological polar surface area (TPSA) is 57.1 Å². The summed E-state index contributed by atoms with van der Waals surface area (Å²) in [7, 11) is 0. The Hall–Kier alpha value is -1.34. The van der Waals surface area contributed by atoms with Crippen LogP contribution in [-0.4, -0.2) is 27.5 Å². The van der Waals surface area contributed by atoms with E-state index in [0.29, 0.717) is 10.9 Å². The van der Waals surface area contributed by atoms with E-state index in [1.807, 2.05) is 23.2 Å². The summed E-state index contributed by atoms with van der Waals surface area (Å²) >= 11 is 5.04. The summed E-state index contributed by atoms with van der Waals surface area (Å²) < 4.78 is 0.937. The van der Waals surface area contributed by atoms with Gasteiger partial charge in [0.2, 0.25) is 0 Å². The van der Waals surface area contributed by atoms with Crippen LogP contribution in [0.3, 0.4) is 0 Å². The number of carbonyl (C=O) groups is 1. The molecule has 0 radical (unpaired) electrons. The van der Waals surface area contributed by atoms with E-state index in [0.717, 1.165) is 46.5 Å². The first kappa shape index (κ1) is 15.2. The lowest BCUT2D eigenvalue weighted by Gasteiger charge is -2.41. The molecule has 1 spiro atoms. The van der Waals surface area contributed by atoms with Crippen molar-refractivity contribution < 1.29 is 4.79 Å². The second kappa shape index (κ2) is 5.63. The number of amides is 1. The van der Waals surface area contributed by atoms with Crippen LogP contribution in [0.15, 0.2) is 32.8 Å². The molecule has 120 valence electrons. The standard InChI is InChI=1S/C16H17BrN4OS/c1-2-23-15-18-14(22)13-11-9-10(17)5-6-12(11)19-16(21(13)20-15)7-3-4-8-16/h5-6,9H,2-4,7-8H2,1H3,(H,18,20,22). The predicted molar refractivity (Wildman–Crippen MR) is 95.1 cm³/mol. The fraction of sp³-hybridized carbons (Fsp3) is 0.438. The van der Waals surface area contributed by atoms with E-state index in [1.54, 1.807) is 11.8 Å². The van der Waals surface area contributed by atoms with Crippen molar-refractivity contribution >= 4 is 44.5 Å². The van der Waals surface area contributed by atoms with Crippen LogP contribution < -0.4 is 15.9 Å². The zero-order valence-electron chi connectivity index (χ0n) is 12.8. The van der Waals surface area contributed by atoms with Crippen molar-refractivity contribution in [3.8, 4) is 0 Å². The molecular weight excluding hydrogens is 376 g/mol.